The number of carbonyl (C=O) groups is 2. The number of aliphatic imine (C=N–C) groups is 1. The van der Waals surface area contributed by atoms with Gasteiger partial charge in [0, 0.05) is 35.8 Å². The molecule has 1 N–H and O–H groups in total. The van der Waals surface area contributed by atoms with Crippen molar-refractivity contribution in [1.82, 2.24) is 14.5 Å². The Kier molecular flexibility index (Phi) is 6.78. The monoisotopic (exact) mass is 540 g/mol. The fourth-order valence-electron chi connectivity index (χ4n) is 5.01. The van der Waals surface area contributed by atoms with Crippen molar-refractivity contribution < 1.29 is 14.3 Å². The molecule has 1 saturated heterocycles. The second-order valence-corrected chi connectivity index (χ2v) is 10.8. The molecule has 3 aromatic rings. The summed E-state index contributed by atoms with van der Waals surface area (Å²) in [4.78, 5) is 31.6. The van der Waals surface area contributed by atoms with Gasteiger partial charge in [-0.3, -0.25) is 15.0 Å². The predicted molar refractivity (Wildman–Crippen MR) is 154 cm³/mol. The van der Waals surface area contributed by atoms with E-state index in [1.807, 2.05) is 66.6 Å². The highest BCUT2D eigenvalue weighted by atomic mass is 32.2. The maximum Gasteiger partial charge on any atom is 0.283 e. The van der Waals surface area contributed by atoms with Crippen LogP contribution in [0.4, 0.5) is 0 Å². The van der Waals surface area contributed by atoms with Crippen LogP contribution < -0.4 is 4.74 Å². The number of benzene rings is 2. The molecule has 0 radical (unpaired) electrons. The van der Waals surface area contributed by atoms with Crippen molar-refractivity contribution in [3.05, 3.63) is 71.4 Å². The summed E-state index contributed by atoms with van der Waals surface area (Å²) in [6.07, 6.45) is 5.87. The number of nitrogens with one attached hydrogen (secondary N) is 1. The second kappa shape index (κ2) is 10.5. The van der Waals surface area contributed by atoms with Crippen LogP contribution in [0.3, 0.4) is 0 Å². The highest BCUT2D eigenvalue weighted by molar-refractivity contribution is 8.27. The van der Waals surface area contributed by atoms with Crippen LogP contribution in [0.1, 0.15) is 30.4 Å². The van der Waals surface area contributed by atoms with Crippen LogP contribution in [0.25, 0.3) is 17.0 Å². The van der Waals surface area contributed by atoms with Crippen LogP contribution in [0.2, 0.25) is 0 Å². The number of ether oxygens (including phenoxy) is 1. The van der Waals surface area contributed by atoms with Gasteiger partial charge in [0.15, 0.2) is 5.84 Å². The van der Waals surface area contributed by atoms with E-state index >= 15 is 0 Å². The van der Waals surface area contributed by atoms with Gasteiger partial charge in [-0.25, -0.2) is 0 Å². The standard InChI is InChI=1S/C29H28N6O3S/c1-19-7-6-8-21(15-19)38-14-13-34-18-20(22-9-2-3-10-24(22)34)16-23-27(30)35-29(31-28(23)37)39-25(32-35)17-26(36)33-11-4-5-12-33/h2-3,6-10,15-16,18,30H,4-5,11-14,17H2,1H3/b23-16-,30-27?. The number of thioether (sulfide) groups is 1. The Morgan fingerprint density at radius 2 is 1.97 bits per heavy atom. The highest BCUT2D eigenvalue weighted by Crippen LogP contribution is 2.31. The number of aromatic nitrogens is 1. The molecule has 0 spiro atoms. The Balaban J connectivity index is 1.22. The molecule has 3 aliphatic rings. The minimum Gasteiger partial charge on any atom is -0.492 e. The lowest BCUT2D eigenvalue weighted by Gasteiger charge is -2.20. The lowest BCUT2D eigenvalue weighted by Crippen LogP contribution is -2.35. The summed E-state index contributed by atoms with van der Waals surface area (Å²) in [7, 11) is 0. The number of fused-ring (bicyclic) bond motifs is 2. The normalized spacial score (nSPS) is 18.1. The molecular weight excluding hydrogens is 512 g/mol. The van der Waals surface area contributed by atoms with E-state index in [-0.39, 0.29) is 23.7 Å². The summed E-state index contributed by atoms with van der Waals surface area (Å²) in [5.74, 6) is 0.322. The summed E-state index contributed by atoms with van der Waals surface area (Å²) in [6.45, 7) is 4.68. The fourth-order valence-corrected chi connectivity index (χ4v) is 5.88. The van der Waals surface area contributed by atoms with Gasteiger partial charge in [0.2, 0.25) is 11.1 Å². The van der Waals surface area contributed by atoms with Gasteiger partial charge in [-0.05, 0) is 61.4 Å². The Morgan fingerprint density at radius 3 is 2.79 bits per heavy atom. The first-order valence-electron chi connectivity index (χ1n) is 13.0. The molecule has 2 aromatic carbocycles. The van der Waals surface area contributed by atoms with Crippen LogP contribution >= 0.6 is 11.8 Å². The van der Waals surface area contributed by atoms with Crippen LogP contribution in [0, 0.1) is 12.3 Å². The molecular formula is C29H28N6O3S. The molecule has 1 fully saturated rings. The summed E-state index contributed by atoms with van der Waals surface area (Å²) >= 11 is 1.18. The van der Waals surface area contributed by atoms with E-state index in [0.29, 0.717) is 23.4 Å². The van der Waals surface area contributed by atoms with Gasteiger partial charge >= 0.3 is 0 Å². The van der Waals surface area contributed by atoms with Crippen LogP contribution in [-0.2, 0) is 16.1 Å². The van der Waals surface area contributed by atoms with Crippen molar-refractivity contribution in [2.24, 2.45) is 10.1 Å². The summed E-state index contributed by atoms with van der Waals surface area (Å²) < 4.78 is 8.05. The molecule has 3 aliphatic heterocycles. The topological polar surface area (TPSA) is 103 Å². The number of para-hydroxylation sites is 1. The van der Waals surface area contributed by atoms with Crippen molar-refractivity contribution in [1.29, 1.82) is 5.41 Å². The minimum absolute atomic E-state index is 0.0204. The molecule has 0 saturated carbocycles. The molecule has 9 nitrogen and oxygen atoms in total. The number of hydrogen-bond acceptors (Lipinski definition) is 6. The fraction of sp³-hybridized carbons (Fsp3) is 0.276. The Hall–Kier alpha value is -4.18. The van der Waals surface area contributed by atoms with Crippen molar-refractivity contribution in [3.8, 4) is 5.75 Å². The Bertz CT molecular complexity index is 1580. The maximum atomic E-state index is 13.0. The van der Waals surface area contributed by atoms with Crippen LogP contribution in [0.5, 0.6) is 5.75 Å². The van der Waals surface area contributed by atoms with E-state index < -0.39 is 5.91 Å². The average molecular weight is 541 g/mol. The Labute approximate surface area is 230 Å². The smallest absolute Gasteiger partial charge is 0.283 e. The summed E-state index contributed by atoms with van der Waals surface area (Å²) in [5.41, 5.74) is 3.13. The van der Waals surface area contributed by atoms with E-state index in [2.05, 4.69) is 14.7 Å². The van der Waals surface area contributed by atoms with Gasteiger partial charge in [0.05, 0.1) is 18.5 Å². The molecule has 198 valence electrons. The SMILES string of the molecule is Cc1cccc(OCCn2cc(/C=C3/C(=N)N4N=C(CC(=O)N5CCCC5)SC4=NC3=O)c3ccccc32)c1. The first-order valence-corrected chi connectivity index (χ1v) is 13.8. The summed E-state index contributed by atoms with van der Waals surface area (Å²) in [6, 6.07) is 15.9. The average Bonchev–Trinajstić information content (AvgIpc) is 3.67. The van der Waals surface area contributed by atoms with Crippen molar-refractivity contribution in [2.75, 3.05) is 19.7 Å². The molecule has 0 atom stereocenters. The number of carbonyl (C=O) groups excluding carboxylic acids is 2. The van der Waals surface area contributed by atoms with Gasteiger partial charge in [-0.15, -0.1) is 0 Å². The number of hydrogen-bond donors (Lipinski definition) is 1. The molecule has 0 bridgehead atoms. The number of amides is 2. The van der Waals surface area contributed by atoms with Crippen LogP contribution in [-0.4, -0.2) is 62.0 Å². The Morgan fingerprint density at radius 1 is 1.15 bits per heavy atom. The molecule has 0 aliphatic carbocycles. The second-order valence-electron chi connectivity index (χ2n) is 9.74. The molecule has 39 heavy (non-hydrogen) atoms. The van der Waals surface area contributed by atoms with E-state index in [4.69, 9.17) is 10.1 Å². The van der Waals surface area contributed by atoms with Gasteiger partial charge in [-0.1, -0.05) is 30.3 Å². The molecule has 2 amide bonds. The van der Waals surface area contributed by atoms with Gasteiger partial charge < -0.3 is 14.2 Å². The quantitative estimate of drug-likeness (QED) is 0.439. The van der Waals surface area contributed by atoms with Crippen molar-refractivity contribution in [3.63, 3.8) is 0 Å². The molecule has 1 aromatic heterocycles. The third-order valence-electron chi connectivity index (χ3n) is 6.97. The number of hydrazone groups is 1. The zero-order valence-corrected chi connectivity index (χ0v) is 22.4. The number of aryl methyl sites for hydroxylation is 1. The largest absolute Gasteiger partial charge is 0.492 e. The van der Waals surface area contributed by atoms with Gasteiger partial charge in [0.25, 0.3) is 5.91 Å². The number of likely N-dealkylation sites (tertiary alicyclic amines) is 1. The minimum atomic E-state index is -0.485. The zero-order chi connectivity index (χ0) is 26.9. The maximum absolute atomic E-state index is 13.0. The van der Waals surface area contributed by atoms with Gasteiger partial charge in [-0.2, -0.15) is 15.1 Å². The van der Waals surface area contributed by atoms with Crippen molar-refractivity contribution >= 4 is 56.6 Å². The number of amidine groups is 2. The van der Waals surface area contributed by atoms with Crippen molar-refractivity contribution in [2.45, 2.75) is 32.7 Å². The van der Waals surface area contributed by atoms with Gasteiger partial charge in [0.1, 0.15) is 17.4 Å². The zero-order valence-electron chi connectivity index (χ0n) is 21.6. The number of rotatable bonds is 7. The van der Waals surface area contributed by atoms with E-state index in [1.54, 1.807) is 6.08 Å². The van der Waals surface area contributed by atoms with E-state index in [1.165, 1.54) is 16.8 Å². The molecule has 10 heteroatoms. The summed E-state index contributed by atoms with van der Waals surface area (Å²) in [5, 5.41) is 16.4. The first-order chi connectivity index (χ1) is 19.0. The lowest BCUT2D eigenvalue weighted by molar-refractivity contribution is -0.128. The molecule has 6 rings (SSSR count). The van der Waals surface area contributed by atoms with Crippen LogP contribution in [0.15, 0.2) is 70.4 Å². The number of nitrogens with zero attached hydrogens (tertiary/aromatic N) is 5. The lowest BCUT2D eigenvalue weighted by atomic mass is 10.1. The highest BCUT2D eigenvalue weighted by Gasteiger charge is 2.36. The van der Waals surface area contributed by atoms with E-state index in [0.717, 1.165) is 53.7 Å². The third kappa shape index (κ3) is 5.12. The van der Waals surface area contributed by atoms with E-state index in [9.17, 15) is 9.59 Å². The molecule has 4 heterocycles. The third-order valence-corrected chi connectivity index (χ3v) is 7.88. The molecule has 0 unspecified atom stereocenters. The first kappa shape index (κ1) is 25.1. The predicted octanol–water partition coefficient (Wildman–Crippen LogP) is 4.66.